The summed E-state index contributed by atoms with van der Waals surface area (Å²) in [6.45, 7) is 9.08. The molecule has 11 heteroatoms. The summed E-state index contributed by atoms with van der Waals surface area (Å²) in [5.74, 6) is 0.713. The number of carbonyl (C=O) groups is 2. The molecule has 1 aliphatic rings. The number of aryl methyl sites for hydroxylation is 2. The van der Waals surface area contributed by atoms with Crippen molar-refractivity contribution in [1.82, 2.24) is 25.7 Å². The van der Waals surface area contributed by atoms with Gasteiger partial charge in [-0.2, -0.15) is 4.98 Å². The number of nitrogens with zero attached hydrogens (tertiary/aromatic N) is 4. The van der Waals surface area contributed by atoms with Crippen LogP contribution in [0.3, 0.4) is 0 Å². The predicted octanol–water partition coefficient (Wildman–Crippen LogP) is 3.98. The maximum Gasteiger partial charge on any atom is 0.242 e. The average Bonchev–Trinajstić information content (AvgIpc) is 3.51. The van der Waals surface area contributed by atoms with Crippen molar-refractivity contribution in [2.75, 3.05) is 38.1 Å². The second-order valence-electron chi connectivity index (χ2n) is 10.4. The van der Waals surface area contributed by atoms with Crippen LogP contribution in [0.5, 0.6) is 0 Å². The number of carbonyl (C=O) groups excluding carboxylic acids is 2. The van der Waals surface area contributed by atoms with Crippen molar-refractivity contribution in [3.8, 4) is 11.4 Å². The van der Waals surface area contributed by atoms with Crippen LogP contribution in [-0.2, 0) is 22.4 Å². The molecular formula is C29H38Cl2N6O3. The molecule has 1 unspecified atom stereocenters. The Morgan fingerprint density at radius 1 is 1.07 bits per heavy atom. The van der Waals surface area contributed by atoms with Gasteiger partial charge in [-0.25, -0.2) is 0 Å². The van der Waals surface area contributed by atoms with Crippen LogP contribution in [0.4, 0.5) is 5.69 Å². The summed E-state index contributed by atoms with van der Waals surface area (Å²) in [4.78, 5) is 34.5. The molecule has 1 aromatic heterocycles. The Morgan fingerprint density at radius 3 is 2.52 bits per heavy atom. The SMILES string of the molecule is Cc1nc(-c2ccc(C)c(N(CC(=O)NCCNC(C)C)CC(=O)N(C)C3Cc4ccc(Cl)cc4C3)c2)no1.Cl. The zero-order chi connectivity index (χ0) is 28.1. The zero-order valence-corrected chi connectivity index (χ0v) is 25.2. The number of halogens is 2. The Balaban J connectivity index is 0.00000441. The Morgan fingerprint density at radius 2 is 1.82 bits per heavy atom. The normalized spacial score (nSPS) is 14.0. The molecule has 9 nitrogen and oxygen atoms in total. The van der Waals surface area contributed by atoms with Gasteiger partial charge >= 0.3 is 0 Å². The summed E-state index contributed by atoms with van der Waals surface area (Å²) in [5, 5.41) is 11.0. The van der Waals surface area contributed by atoms with Crippen LogP contribution >= 0.6 is 24.0 Å². The Labute approximate surface area is 247 Å². The van der Waals surface area contributed by atoms with Crippen molar-refractivity contribution in [3.63, 3.8) is 0 Å². The molecule has 1 atom stereocenters. The molecule has 40 heavy (non-hydrogen) atoms. The molecule has 2 amide bonds. The topological polar surface area (TPSA) is 104 Å². The number of anilines is 1. The summed E-state index contributed by atoms with van der Waals surface area (Å²) in [5.41, 5.74) is 4.86. The Kier molecular flexibility index (Phi) is 11.0. The van der Waals surface area contributed by atoms with Crippen molar-refractivity contribution >= 4 is 41.5 Å². The van der Waals surface area contributed by atoms with Crippen LogP contribution in [0.25, 0.3) is 11.4 Å². The maximum atomic E-state index is 13.6. The second-order valence-corrected chi connectivity index (χ2v) is 10.9. The van der Waals surface area contributed by atoms with Gasteiger partial charge < -0.3 is 25.0 Å². The number of fused-ring (bicyclic) bond motifs is 1. The van der Waals surface area contributed by atoms with E-state index in [1.807, 2.05) is 55.3 Å². The highest BCUT2D eigenvalue weighted by atomic mass is 35.5. The van der Waals surface area contributed by atoms with Crippen LogP contribution in [0, 0.1) is 13.8 Å². The van der Waals surface area contributed by atoms with Gasteiger partial charge in [0.1, 0.15) is 0 Å². The maximum absolute atomic E-state index is 13.6. The minimum absolute atomic E-state index is 0. The number of rotatable bonds is 11. The van der Waals surface area contributed by atoms with Gasteiger partial charge in [0.15, 0.2) is 0 Å². The standard InChI is InChI=1S/C29H37ClN6O3.ClH/c1-18(2)31-10-11-32-27(37)16-36(26-15-22(7-6-19(26)3)29-33-20(4)39-34-29)17-28(38)35(5)25-13-21-8-9-24(30)12-23(21)14-25;/h6-9,12,15,18,25,31H,10-11,13-14,16-17H2,1-5H3,(H,32,37);1H. The monoisotopic (exact) mass is 588 g/mol. The first-order valence-corrected chi connectivity index (χ1v) is 13.7. The first-order chi connectivity index (χ1) is 18.6. The molecule has 2 aromatic carbocycles. The van der Waals surface area contributed by atoms with E-state index in [0.29, 0.717) is 35.9 Å². The van der Waals surface area contributed by atoms with Crippen LogP contribution in [0.15, 0.2) is 40.9 Å². The van der Waals surface area contributed by atoms with E-state index in [1.54, 1.807) is 11.8 Å². The van der Waals surface area contributed by atoms with Gasteiger partial charge in [0, 0.05) is 55.4 Å². The minimum atomic E-state index is -0.154. The van der Waals surface area contributed by atoms with E-state index in [4.69, 9.17) is 16.1 Å². The highest BCUT2D eigenvalue weighted by molar-refractivity contribution is 6.30. The summed E-state index contributed by atoms with van der Waals surface area (Å²) < 4.78 is 5.16. The van der Waals surface area contributed by atoms with E-state index in [2.05, 4.69) is 34.6 Å². The highest BCUT2D eigenvalue weighted by Crippen LogP contribution is 2.29. The smallest absolute Gasteiger partial charge is 0.242 e. The fraction of sp³-hybridized carbons (Fsp3) is 0.448. The fourth-order valence-electron chi connectivity index (χ4n) is 4.84. The molecule has 4 rings (SSSR count). The fourth-order valence-corrected chi connectivity index (χ4v) is 5.03. The first kappa shape index (κ1) is 31.4. The van der Waals surface area contributed by atoms with Crippen LogP contribution in [0.1, 0.15) is 36.4 Å². The van der Waals surface area contributed by atoms with Gasteiger partial charge in [-0.1, -0.05) is 48.8 Å². The van der Waals surface area contributed by atoms with Gasteiger partial charge in [-0.15, -0.1) is 12.4 Å². The second kappa shape index (κ2) is 14.0. The molecule has 1 aliphatic carbocycles. The number of amides is 2. The van der Waals surface area contributed by atoms with Crippen LogP contribution in [-0.4, -0.2) is 72.2 Å². The molecule has 0 radical (unpaired) electrons. The molecule has 0 fully saturated rings. The zero-order valence-electron chi connectivity index (χ0n) is 23.7. The quantitative estimate of drug-likeness (QED) is 0.326. The lowest BCUT2D eigenvalue weighted by atomic mass is 10.1. The molecular weight excluding hydrogens is 551 g/mol. The third-order valence-electron chi connectivity index (χ3n) is 7.02. The van der Waals surface area contributed by atoms with Crippen LogP contribution in [0.2, 0.25) is 5.02 Å². The molecule has 0 saturated carbocycles. The molecule has 216 valence electrons. The summed E-state index contributed by atoms with van der Waals surface area (Å²) in [6.07, 6.45) is 1.54. The average molecular weight is 590 g/mol. The van der Waals surface area contributed by atoms with E-state index >= 15 is 0 Å². The first-order valence-electron chi connectivity index (χ1n) is 13.3. The van der Waals surface area contributed by atoms with E-state index in [1.165, 1.54) is 11.1 Å². The third-order valence-corrected chi connectivity index (χ3v) is 7.25. The van der Waals surface area contributed by atoms with Crippen molar-refractivity contribution in [3.05, 3.63) is 64.0 Å². The number of benzene rings is 2. The molecule has 2 N–H and O–H groups in total. The van der Waals surface area contributed by atoms with Gasteiger partial charge in [0.05, 0.1) is 13.1 Å². The van der Waals surface area contributed by atoms with Gasteiger partial charge in [0.25, 0.3) is 0 Å². The van der Waals surface area contributed by atoms with E-state index in [-0.39, 0.29) is 43.4 Å². The molecule has 3 aromatic rings. The number of aromatic nitrogens is 2. The molecule has 1 heterocycles. The van der Waals surface area contributed by atoms with Gasteiger partial charge in [-0.3, -0.25) is 9.59 Å². The summed E-state index contributed by atoms with van der Waals surface area (Å²) in [6, 6.07) is 12.1. The lowest BCUT2D eigenvalue weighted by Crippen LogP contribution is -2.47. The predicted molar refractivity (Wildman–Crippen MR) is 160 cm³/mol. The van der Waals surface area contributed by atoms with Crippen LogP contribution < -0.4 is 15.5 Å². The third kappa shape index (κ3) is 7.96. The Bertz CT molecular complexity index is 1330. The largest absolute Gasteiger partial charge is 0.353 e. The Hall–Kier alpha value is -3.14. The van der Waals surface area contributed by atoms with Crippen molar-refractivity contribution in [2.24, 2.45) is 0 Å². The van der Waals surface area contributed by atoms with Crippen molar-refractivity contribution in [1.29, 1.82) is 0 Å². The summed E-state index contributed by atoms with van der Waals surface area (Å²) in [7, 11) is 1.84. The molecule has 0 aliphatic heterocycles. The lowest BCUT2D eigenvalue weighted by molar-refractivity contribution is -0.130. The number of nitrogens with one attached hydrogen (secondary N) is 2. The lowest BCUT2D eigenvalue weighted by Gasteiger charge is -2.30. The number of hydrogen-bond donors (Lipinski definition) is 2. The number of hydrogen-bond acceptors (Lipinski definition) is 7. The molecule has 0 spiro atoms. The van der Waals surface area contributed by atoms with Gasteiger partial charge in [-0.05, 0) is 54.7 Å². The van der Waals surface area contributed by atoms with E-state index in [9.17, 15) is 9.59 Å². The van der Waals surface area contributed by atoms with Crippen molar-refractivity contribution < 1.29 is 14.1 Å². The molecule has 0 bridgehead atoms. The molecule has 0 saturated heterocycles. The van der Waals surface area contributed by atoms with E-state index < -0.39 is 0 Å². The highest BCUT2D eigenvalue weighted by Gasteiger charge is 2.29. The van der Waals surface area contributed by atoms with E-state index in [0.717, 1.165) is 29.7 Å². The van der Waals surface area contributed by atoms with Gasteiger partial charge in [0.2, 0.25) is 23.5 Å². The van der Waals surface area contributed by atoms with Crippen molar-refractivity contribution in [2.45, 2.75) is 52.6 Å². The number of likely N-dealkylation sites (N-methyl/N-ethyl adjacent to an activating group) is 1. The summed E-state index contributed by atoms with van der Waals surface area (Å²) >= 11 is 6.19. The minimum Gasteiger partial charge on any atom is -0.353 e.